The first-order valence-corrected chi connectivity index (χ1v) is 25.8. The number of unbranched alkanes of at least 4 members (excludes halogenated alkanes) is 26. The van der Waals surface area contributed by atoms with Crippen molar-refractivity contribution in [2.45, 2.75) is 258 Å². The van der Waals surface area contributed by atoms with Gasteiger partial charge in [0, 0.05) is 19.4 Å². The predicted octanol–water partition coefficient (Wildman–Crippen LogP) is 17.3. The van der Waals surface area contributed by atoms with Gasteiger partial charge in [0.25, 0.3) is 0 Å². The Morgan fingerprint density at radius 2 is 0.750 bits per heavy atom. The van der Waals surface area contributed by atoms with Crippen molar-refractivity contribution < 1.29 is 23.8 Å². The van der Waals surface area contributed by atoms with Gasteiger partial charge in [0.1, 0.15) is 6.61 Å². The molecule has 0 spiro atoms. The van der Waals surface area contributed by atoms with Crippen molar-refractivity contribution in [1.82, 2.24) is 0 Å². The Morgan fingerprint density at radius 1 is 0.383 bits per heavy atom. The minimum atomic E-state index is -0.547. The third kappa shape index (κ3) is 48.3. The normalized spacial score (nSPS) is 12.7. The van der Waals surface area contributed by atoms with Crippen LogP contribution in [0.2, 0.25) is 0 Å². The topological polar surface area (TPSA) is 61.8 Å². The summed E-state index contributed by atoms with van der Waals surface area (Å²) in [5.41, 5.74) is 0. The quantitative estimate of drug-likeness (QED) is 0.0347. The SMILES string of the molecule is CC/C=C\C/C=C\C/C=C\CCCCCCCC(=O)OCC(COCCCCCCCC/C=C\C/C=C\CCCCC)OC(=O)CCCCCCCCCCCCCCC. The second-order valence-corrected chi connectivity index (χ2v) is 17.0. The predicted molar refractivity (Wildman–Crippen MR) is 261 cm³/mol. The molecule has 0 saturated heterocycles. The van der Waals surface area contributed by atoms with Gasteiger partial charge in [-0.25, -0.2) is 0 Å². The standard InChI is InChI=1S/C55H98O5/c1-4-7-10-13-16-19-22-25-27-29-32-35-38-41-44-47-50-58-51-53(60-55(57)49-46-43-40-37-34-30-24-21-18-15-12-9-6-3)52-59-54(56)48-45-42-39-36-33-31-28-26-23-20-17-14-11-8-5-2/h8,11,16-17,19-20,25-28,53H,4-7,9-10,12-15,18,21-24,29-52H2,1-3H3/b11-8-,19-16-,20-17-,27-25-,28-26-. The van der Waals surface area contributed by atoms with Gasteiger partial charge in [-0.2, -0.15) is 0 Å². The number of rotatable bonds is 47. The molecule has 0 aliphatic heterocycles. The molecule has 0 aromatic heterocycles. The highest BCUT2D eigenvalue weighted by Crippen LogP contribution is 2.15. The van der Waals surface area contributed by atoms with E-state index in [0.717, 1.165) is 77.0 Å². The summed E-state index contributed by atoms with van der Waals surface area (Å²) in [6.45, 7) is 7.67. The van der Waals surface area contributed by atoms with E-state index in [4.69, 9.17) is 14.2 Å². The second kappa shape index (κ2) is 51.0. The Balaban J connectivity index is 4.30. The average molecular weight is 839 g/mol. The summed E-state index contributed by atoms with van der Waals surface area (Å²) >= 11 is 0. The van der Waals surface area contributed by atoms with Crippen molar-refractivity contribution in [2.75, 3.05) is 19.8 Å². The molecule has 0 radical (unpaired) electrons. The molecule has 0 aliphatic carbocycles. The lowest BCUT2D eigenvalue weighted by Gasteiger charge is -2.18. The van der Waals surface area contributed by atoms with Crippen molar-refractivity contribution in [3.05, 3.63) is 60.8 Å². The molecule has 5 heteroatoms. The number of esters is 2. The minimum absolute atomic E-state index is 0.0732. The highest BCUT2D eigenvalue weighted by atomic mass is 16.6. The fourth-order valence-electron chi connectivity index (χ4n) is 7.20. The molecule has 0 fully saturated rings. The van der Waals surface area contributed by atoms with Crippen LogP contribution in [0, 0.1) is 0 Å². The lowest BCUT2D eigenvalue weighted by molar-refractivity contribution is -0.163. The molecule has 0 aromatic rings. The van der Waals surface area contributed by atoms with Crippen LogP contribution in [0.1, 0.15) is 252 Å². The van der Waals surface area contributed by atoms with Crippen LogP contribution in [0.4, 0.5) is 0 Å². The molecule has 0 aromatic carbocycles. The maximum Gasteiger partial charge on any atom is 0.306 e. The monoisotopic (exact) mass is 839 g/mol. The summed E-state index contributed by atoms with van der Waals surface area (Å²) in [6.07, 6.45) is 63.6. The van der Waals surface area contributed by atoms with E-state index in [2.05, 4.69) is 81.5 Å². The lowest BCUT2D eigenvalue weighted by atomic mass is 10.0. The highest BCUT2D eigenvalue weighted by Gasteiger charge is 2.17. The summed E-state index contributed by atoms with van der Waals surface area (Å²) in [5, 5.41) is 0. The number of hydrogen-bond donors (Lipinski definition) is 0. The summed E-state index contributed by atoms with van der Waals surface area (Å²) in [7, 11) is 0. The van der Waals surface area contributed by atoms with E-state index in [0.29, 0.717) is 19.4 Å². The molecule has 1 atom stereocenters. The van der Waals surface area contributed by atoms with Crippen molar-refractivity contribution in [1.29, 1.82) is 0 Å². The molecule has 0 amide bonds. The molecule has 0 bridgehead atoms. The fourth-order valence-corrected chi connectivity index (χ4v) is 7.20. The van der Waals surface area contributed by atoms with Crippen molar-refractivity contribution in [3.63, 3.8) is 0 Å². The summed E-state index contributed by atoms with van der Waals surface area (Å²) in [6, 6.07) is 0. The first-order chi connectivity index (χ1) is 29.6. The molecular formula is C55H98O5. The molecule has 0 heterocycles. The summed E-state index contributed by atoms with van der Waals surface area (Å²) in [4.78, 5) is 25.4. The first-order valence-electron chi connectivity index (χ1n) is 25.8. The van der Waals surface area contributed by atoms with E-state index >= 15 is 0 Å². The molecule has 348 valence electrons. The van der Waals surface area contributed by atoms with Crippen LogP contribution in [-0.4, -0.2) is 37.9 Å². The van der Waals surface area contributed by atoms with Gasteiger partial charge in [-0.05, 0) is 83.5 Å². The van der Waals surface area contributed by atoms with Crippen LogP contribution in [0.15, 0.2) is 60.8 Å². The van der Waals surface area contributed by atoms with Crippen LogP contribution < -0.4 is 0 Å². The minimum Gasteiger partial charge on any atom is -0.462 e. The van der Waals surface area contributed by atoms with Crippen molar-refractivity contribution in [2.24, 2.45) is 0 Å². The van der Waals surface area contributed by atoms with Gasteiger partial charge in [0.15, 0.2) is 6.10 Å². The third-order valence-corrected chi connectivity index (χ3v) is 11.0. The van der Waals surface area contributed by atoms with E-state index in [1.54, 1.807) is 0 Å². The molecule has 0 saturated carbocycles. The average Bonchev–Trinajstić information content (AvgIpc) is 3.25. The smallest absolute Gasteiger partial charge is 0.306 e. The van der Waals surface area contributed by atoms with Gasteiger partial charge < -0.3 is 14.2 Å². The Hall–Kier alpha value is -2.40. The molecule has 1 unspecified atom stereocenters. The number of ether oxygens (including phenoxy) is 3. The van der Waals surface area contributed by atoms with Crippen molar-refractivity contribution in [3.8, 4) is 0 Å². The zero-order valence-corrected chi connectivity index (χ0v) is 40.0. The Kier molecular flexibility index (Phi) is 48.9. The maximum atomic E-state index is 12.8. The molecule has 0 aliphatic rings. The number of allylic oxidation sites excluding steroid dienone is 10. The van der Waals surface area contributed by atoms with E-state index in [-0.39, 0.29) is 25.2 Å². The van der Waals surface area contributed by atoms with E-state index in [9.17, 15) is 9.59 Å². The summed E-state index contributed by atoms with van der Waals surface area (Å²) in [5.74, 6) is -0.415. The van der Waals surface area contributed by atoms with Crippen LogP contribution in [0.25, 0.3) is 0 Å². The van der Waals surface area contributed by atoms with Gasteiger partial charge in [0.05, 0.1) is 6.61 Å². The van der Waals surface area contributed by atoms with Crippen LogP contribution in [-0.2, 0) is 23.8 Å². The zero-order chi connectivity index (χ0) is 43.5. The molecule has 0 rings (SSSR count). The molecule has 0 N–H and O–H groups in total. The van der Waals surface area contributed by atoms with Crippen molar-refractivity contribution >= 4 is 11.9 Å². The van der Waals surface area contributed by atoms with Gasteiger partial charge in [-0.15, -0.1) is 0 Å². The largest absolute Gasteiger partial charge is 0.462 e. The number of carbonyl (C=O) groups is 2. The van der Waals surface area contributed by atoms with Crippen LogP contribution in [0.5, 0.6) is 0 Å². The Morgan fingerprint density at radius 3 is 1.23 bits per heavy atom. The fraction of sp³-hybridized carbons (Fsp3) is 0.782. The van der Waals surface area contributed by atoms with Gasteiger partial charge in [-0.1, -0.05) is 216 Å². The van der Waals surface area contributed by atoms with Crippen LogP contribution in [0.3, 0.4) is 0 Å². The molecule has 5 nitrogen and oxygen atoms in total. The second-order valence-electron chi connectivity index (χ2n) is 17.0. The maximum absolute atomic E-state index is 12.8. The molecular weight excluding hydrogens is 741 g/mol. The van der Waals surface area contributed by atoms with Gasteiger partial charge in [0.2, 0.25) is 0 Å². The third-order valence-electron chi connectivity index (χ3n) is 11.0. The Labute approximate surface area is 373 Å². The zero-order valence-electron chi connectivity index (χ0n) is 40.0. The number of hydrogen-bond acceptors (Lipinski definition) is 5. The van der Waals surface area contributed by atoms with E-state index in [1.165, 1.54) is 141 Å². The summed E-state index contributed by atoms with van der Waals surface area (Å²) < 4.78 is 17.4. The number of carbonyl (C=O) groups excluding carboxylic acids is 2. The van der Waals surface area contributed by atoms with E-state index in [1.807, 2.05) is 0 Å². The first kappa shape index (κ1) is 57.6. The van der Waals surface area contributed by atoms with E-state index < -0.39 is 6.10 Å². The Bertz CT molecular complexity index is 1040. The van der Waals surface area contributed by atoms with Gasteiger partial charge >= 0.3 is 11.9 Å². The van der Waals surface area contributed by atoms with Crippen LogP contribution >= 0.6 is 0 Å². The van der Waals surface area contributed by atoms with Gasteiger partial charge in [-0.3, -0.25) is 9.59 Å². The molecule has 60 heavy (non-hydrogen) atoms. The lowest BCUT2D eigenvalue weighted by Crippen LogP contribution is -2.30. The highest BCUT2D eigenvalue weighted by molar-refractivity contribution is 5.70.